The molecule has 0 aliphatic carbocycles. The van der Waals surface area contributed by atoms with Crippen LogP contribution in [0.1, 0.15) is 13.8 Å². The van der Waals surface area contributed by atoms with Crippen LogP contribution in [0.25, 0.3) is 0 Å². The lowest BCUT2D eigenvalue weighted by atomic mass is 10.1. The zero-order chi connectivity index (χ0) is 12.5. The van der Waals surface area contributed by atoms with Crippen LogP contribution in [0.5, 0.6) is 0 Å². The molecular weight excluding hydrogens is 236 g/mol. The Morgan fingerprint density at radius 1 is 1.24 bits per heavy atom. The third-order valence-electron chi connectivity index (χ3n) is 2.88. The molecule has 1 aromatic carbocycles. The first kappa shape index (κ1) is 12.4. The second kappa shape index (κ2) is 4.31. The molecule has 0 unspecified atom stereocenters. The Balaban J connectivity index is 2.40. The smallest absolute Gasteiger partial charge is 0.236 e. The van der Waals surface area contributed by atoms with E-state index < -0.39 is 10.0 Å². The highest BCUT2D eigenvalue weighted by Crippen LogP contribution is 2.22. The summed E-state index contributed by atoms with van der Waals surface area (Å²) < 4.78 is 25.9. The van der Waals surface area contributed by atoms with Crippen molar-refractivity contribution in [1.29, 1.82) is 0 Å². The quantitative estimate of drug-likeness (QED) is 0.819. The van der Waals surface area contributed by atoms with E-state index in [2.05, 4.69) is 5.32 Å². The average Bonchev–Trinajstić information content (AvgIpc) is 2.36. The predicted octanol–water partition coefficient (Wildman–Crippen LogP) is 1.20. The van der Waals surface area contributed by atoms with E-state index in [1.54, 1.807) is 0 Å². The number of para-hydroxylation sites is 1. The summed E-state index contributed by atoms with van der Waals surface area (Å²) >= 11 is 0. The second-order valence-corrected chi connectivity index (χ2v) is 6.98. The normalized spacial score (nSPS) is 23.1. The summed E-state index contributed by atoms with van der Waals surface area (Å²) in [6, 6.07) is 9.27. The summed E-state index contributed by atoms with van der Waals surface area (Å²) in [6.07, 6.45) is 0. The first-order chi connectivity index (χ1) is 7.91. The number of nitrogens with one attached hydrogen (secondary N) is 1. The third-order valence-corrected chi connectivity index (χ3v) is 4.61. The molecule has 1 aliphatic heterocycles. The van der Waals surface area contributed by atoms with E-state index >= 15 is 0 Å². The molecule has 0 aromatic heterocycles. The van der Waals surface area contributed by atoms with E-state index in [-0.39, 0.29) is 11.3 Å². The van der Waals surface area contributed by atoms with Crippen LogP contribution in [0.4, 0.5) is 5.69 Å². The first-order valence-corrected chi connectivity index (χ1v) is 7.32. The summed E-state index contributed by atoms with van der Waals surface area (Å²) in [5.41, 5.74) is 0.531. The molecule has 1 saturated heterocycles. The fourth-order valence-electron chi connectivity index (χ4n) is 1.99. The number of hydrogen-bond donors (Lipinski definition) is 1. The molecule has 1 aliphatic rings. The molecule has 94 valence electrons. The number of hydrogen-bond acceptors (Lipinski definition) is 3. The van der Waals surface area contributed by atoms with Gasteiger partial charge in [0.15, 0.2) is 0 Å². The van der Waals surface area contributed by atoms with Crippen molar-refractivity contribution in [3.63, 3.8) is 0 Å². The highest BCUT2D eigenvalue weighted by atomic mass is 32.2. The van der Waals surface area contributed by atoms with Crippen LogP contribution in [0, 0.1) is 0 Å². The van der Waals surface area contributed by atoms with Crippen molar-refractivity contribution in [2.75, 3.05) is 23.1 Å². The molecule has 1 N–H and O–H groups in total. The molecular formula is C12H18N2O2S. The van der Waals surface area contributed by atoms with Gasteiger partial charge in [-0.3, -0.25) is 4.31 Å². The minimum Gasteiger partial charge on any atom is -0.309 e. The largest absolute Gasteiger partial charge is 0.309 e. The van der Waals surface area contributed by atoms with E-state index in [1.165, 1.54) is 4.31 Å². The molecule has 0 spiro atoms. The van der Waals surface area contributed by atoms with Crippen LogP contribution in [0.15, 0.2) is 30.3 Å². The number of benzene rings is 1. The van der Waals surface area contributed by atoms with Gasteiger partial charge in [-0.05, 0) is 26.0 Å². The molecule has 1 heterocycles. The summed E-state index contributed by atoms with van der Waals surface area (Å²) in [6.45, 7) is 4.99. The topological polar surface area (TPSA) is 49.4 Å². The van der Waals surface area contributed by atoms with Crippen LogP contribution in [0.3, 0.4) is 0 Å². The van der Waals surface area contributed by atoms with Crippen molar-refractivity contribution in [3.8, 4) is 0 Å². The second-order valence-electron chi connectivity index (χ2n) is 4.97. The Kier molecular flexibility index (Phi) is 3.14. The molecule has 1 fully saturated rings. The Labute approximate surface area is 103 Å². The zero-order valence-corrected chi connectivity index (χ0v) is 11.0. The van der Waals surface area contributed by atoms with E-state index in [0.29, 0.717) is 13.1 Å². The third kappa shape index (κ3) is 2.79. The van der Waals surface area contributed by atoms with Gasteiger partial charge in [-0.15, -0.1) is 0 Å². The highest BCUT2D eigenvalue weighted by molar-refractivity contribution is 7.92. The number of nitrogens with zero attached hydrogens (tertiary/aromatic N) is 1. The van der Waals surface area contributed by atoms with Crippen LogP contribution in [0.2, 0.25) is 0 Å². The monoisotopic (exact) mass is 254 g/mol. The number of sulfonamides is 1. The van der Waals surface area contributed by atoms with E-state index in [0.717, 1.165) is 5.69 Å². The van der Waals surface area contributed by atoms with Crippen LogP contribution in [-0.2, 0) is 10.0 Å². The van der Waals surface area contributed by atoms with Gasteiger partial charge in [-0.2, -0.15) is 0 Å². The van der Waals surface area contributed by atoms with Gasteiger partial charge in [0, 0.05) is 12.1 Å². The Hall–Kier alpha value is -1.07. The first-order valence-electron chi connectivity index (χ1n) is 5.71. The zero-order valence-electron chi connectivity index (χ0n) is 10.2. The molecule has 4 nitrogen and oxygen atoms in total. The van der Waals surface area contributed by atoms with Gasteiger partial charge in [-0.25, -0.2) is 8.42 Å². The van der Waals surface area contributed by atoms with Gasteiger partial charge in [0.1, 0.15) is 0 Å². The summed E-state index contributed by atoms with van der Waals surface area (Å²) in [5, 5.41) is 3.26. The molecule has 0 atom stereocenters. The van der Waals surface area contributed by atoms with Crippen LogP contribution >= 0.6 is 0 Å². The lowest BCUT2D eigenvalue weighted by Gasteiger charge is -2.30. The lowest BCUT2D eigenvalue weighted by molar-refractivity contribution is 0.419. The maximum Gasteiger partial charge on any atom is 0.236 e. The fourth-order valence-corrected chi connectivity index (χ4v) is 3.53. The minimum absolute atomic E-state index is 0.144. The van der Waals surface area contributed by atoms with Crippen molar-refractivity contribution in [1.82, 2.24) is 5.32 Å². The van der Waals surface area contributed by atoms with Crippen LogP contribution in [-0.4, -0.2) is 32.8 Å². The van der Waals surface area contributed by atoms with Crippen LogP contribution < -0.4 is 9.62 Å². The predicted molar refractivity (Wildman–Crippen MR) is 69.7 cm³/mol. The maximum absolute atomic E-state index is 12.2. The van der Waals surface area contributed by atoms with Gasteiger partial charge in [0.05, 0.1) is 18.0 Å². The number of rotatable bonds is 1. The molecule has 0 amide bonds. The Morgan fingerprint density at radius 2 is 1.88 bits per heavy atom. The fraction of sp³-hybridized carbons (Fsp3) is 0.500. The molecule has 5 heteroatoms. The average molecular weight is 254 g/mol. The molecule has 1 aromatic rings. The van der Waals surface area contributed by atoms with Crippen molar-refractivity contribution in [2.45, 2.75) is 19.4 Å². The number of anilines is 1. The molecule has 0 bridgehead atoms. The van der Waals surface area contributed by atoms with Gasteiger partial charge in [0.2, 0.25) is 10.0 Å². The molecule has 17 heavy (non-hydrogen) atoms. The molecule has 0 radical (unpaired) electrons. The standard InChI is InChI=1S/C12H18N2O2S/c1-12(2)10-14(11-6-4-3-5-7-11)17(15,16)9-8-13-12/h3-7,13H,8-10H2,1-2H3. The highest BCUT2D eigenvalue weighted by Gasteiger charge is 2.32. The lowest BCUT2D eigenvalue weighted by Crippen LogP contribution is -2.47. The molecule has 2 rings (SSSR count). The Bertz CT molecular complexity index is 482. The Morgan fingerprint density at radius 3 is 2.53 bits per heavy atom. The van der Waals surface area contributed by atoms with Gasteiger partial charge in [0.25, 0.3) is 0 Å². The van der Waals surface area contributed by atoms with Crippen molar-refractivity contribution in [3.05, 3.63) is 30.3 Å². The SMILES string of the molecule is CC1(C)CN(c2ccccc2)S(=O)(=O)CCN1. The van der Waals surface area contributed by atoms with Gasteiger partial charge in [-0.1, -0.05) is 18.2 Å². The van der Waals surface area contributed by atoms with Crippen molar-refractivity contribution >= 4 is 15.7 Å². The van der Waals surface area contributed by atoms with E-state index in [9.17, 15) is 8.42 Å². The van der Waals surface area contributed by atoms with E-state index in [1.807, 2.05) is 44.2 Å². The van der Waals surface area contributed by atoms with Crippen molar-refractivity contribution < 1.29 is 8.42 Å². The minimum atomic E-state index is -3.21. The van der Waals surface area contributed by atoms with Gasteiger partial charge < -0.3 is 5.32 Å². The van der Waals surface area contributed by atoms with Gasteiger partial charge >= 0.3 is 0 Å². The van der Waals surface area contributed by atoms with E-state index in [4.69, 9.17) is 0 Å². The van der Waals surface area contributed by atoms with Crippen molar-refractivity contribution in [2.24, 2.45) is 0 Å². The summed E-state index contributed by atoms with van der Waals surface area (Å²) in [5.74, 6) is 0.144. The molecule has 0 saturated carbocycles. The summed E-state index contributed by atoms with van der Waals surface area (Å²) in [4.78, 5) is 0. The maximum atomic E-state index is 12.2. The summed E-state index contributed by atoms with van der Waals surface area (Å²) in [7, 11) is -3.21.